The lowest BCUT2D eigenvalue weighted by molar-refractivity contribution is 0.0948. The van der Waals surface area contributed by atoms with Crippen LogP contribution in [0.2, 0.25) is 0 Å². The van der Waals surface area contributed by atoms with Gasteiger partial charge < -0.3 is 10.2 Å². The second-order valence-electron chi connectivity index (χ2n) is 4.27. The van der Waals surface area contributed by atoms with E-state index in [1.165, 1.54) is 17.8 Å². The molecule has 1 amide bonds. The van der Waals surface area contributed by atoms with E-state index in [0.717, 1.165) is 29.0 Å². The van der Waals surface area contributed by atoms with Gasteiger partial charge in [-0.2, -0.15) is 0 Å². The van der Waals surface area contributed by atoms with E-state index in [2.05, 4.69) is 33.2 Å². The van der Waals surface area contributed by atoms with E-state index < -0.39 is 0 Å². The summed E-state index contributed by atoms with van der Waals surface area (Å²) in [6.07, 6.45) is 1.18. The van der Waals surface area contributed by atoms with Crippen LogP contribution in [-0.4, -0.2) is 37.5 Å². The van der Waals surface area contributed by atoms with E-state index in [9.17, 15) is 4.79 Å². The normalized spacial score (nSPS) is 21.2. The molecule has 0 aromatic carbocycles. The molecule has 0 spiro atoms. The first-order valence-electron chi connectivity index (χ1n) is 5.36. The fraction of sp³-hybridized carbons (Fsp3) is 0.545. The quantitative estimate of drug-likeness (QED) is 0.928. The van der Waals surface area contributed by atoms with Crippen molar-refractivity contribution in [2.75, 3.05) is 26.7 Å². The number of likely N-dealkylation sites (tertiary alicyclic amines) is 1. The minimum atomic E-state index is 0.0384. The molecule has 2 heterocycles. The summed E-state index contributed by atoms with van der Waals surface area (Å²) < 4.78 is 0.998. The molecular formula is C11H15BrN2OS. The lowest BCUT2D eigenvalue weighted by Gasteiger charge is -2.11. The summed E-state index contributed by atoms with van der Waals surface area (Å²) in [6.45, 7) is 3.02. The van der Waals surface area contributed by atoms with Crippen LogP contribution < -0.4 is 5.32 Å². The van der Waals surface area contributed by atoms with Crippen molar-refractivity contribution in [3.63, 3.8) is 0 Å². The standard InChI is InChI=1S/C11H15BrN2OS/c1-14-3-2-8(6-14)5-13-11(15)9-4-10(12)16-7-9/h4,7-8H,2-3,5-6H2,1H3,(H,13,15). The third-order valence-electron chi connectivity index (χ3n) is 2.87. The molecule has 5 heteroatoms. The summed E-state index contributed by atoms with van der Waals surface area (Å²) in [5, 5.41) is 4.87. The van der Waals surface area contributed by atoms with Gasteiger partial charge in [-0.3, -0.25) is 4.79 Å². The van der Waals surface area contributed by atoms with Crippen molar-refractivity contribution in [1.82, 2.24) is 10.2 Å². The Labute approximate surface area is 108 Å². The van der Waals surface area contributed by atoms with Crippen molar-refractivity contribution in [2.24, 2.45) is 5.92 Å². The highest BCUT2D eigenvalue weighted by Gasteiger charge is 2.20. The van der Waals surface area contributed by atoms with Gasteiger partial charge in [0.2, 0.25) is 0 Å². The van der Waals surface area contributed by atoms with E-state index in [0.29, 0.717) is 5.92 Å². The zero-order chi connectivity index (χ0) is 11.5. The number of nitrogens with one attached hydrogen (secondary N) is 1. The lowest BCUT2D eigenvalue weighted by Crippen LogP contribution is -2.30. The maximum absolute atomic E-state index is 11.8. The van der Waals surface area contributed by atoms with Gasteiger partial charge in [-0.05, 0) is 47.9 Å². The number of nitrogens with zero attached hydrogens (tertiary/aromatic N) is 1. The number of amides is 1. The molecule has 0 radical (unpaired) electrons. The van der Waals surface area contributed by atoms with Crippen molar-refractivity contribution >= 4 is 33.2 Å². The zero-order valence-electron chi connectivity index (χ0n) is 9.20. The first kappa shape index (κ1) is 12.1. The van der Waals surface area contributed by atoms with Gasteiger partial charge in [-0.1, -0.05) is 0 Å². The number of halogens is 1. The average Bonchev–Trinajstić information content (AvgIpc) is 2.84. The lowest BCUT2D eigenvalue weighted by atomic mass is 10.1. The summed E-state index contributed by atoms with van der Waals surface area (Å²) in [5.74, 6) is 0.646. The van der Waals surface area contributed by atoms with Crippen LogP contribution in [0.4, 0.5) is 0 Å². The van der Waals surface area contributed by atoms with Crippen molar-refractivity contribution < 1.29 is 4.79 Å². The molecule has 88 valence electrons. The molecule has 1 aliphatic rings. The molecule has 16 heavy (non-hydrogen) atoms. The molecule has 0 bridgehead atoms. The van der Waals surface area contributed by atoms with Crippen LogP contribution >= 0.6 is 27.3 Å². The Bertz CT molecular complexity index is 380. The molecule has 0 aliphatic carbocycles. The van der Waals surface area contributed by atoms with E-state index in [4.69, 9.17) is 0 Å². The van der Waals surface area contributed by atoms with Gasteiger partial charge in [-0.15, -0.1) is 11.3 Å². The Kier molecular flexibility index (Phi) is 4.00. The predicted octanol–water partition coefficient (Wildman–Crippen LogP) is 2.19. The Morgan fingerprint density at radius 1 is 1.75 bits per heavy atom. The third kappa shape index (κ3) is 3.06. The van der Waals surface area contributed by atoms with Crippen LogP contribution in [-0.2, 0) is 0 Å². The van der Waals surface area contributed by atoms with Gasteiger partial charge in [-0.25, -0.2) is 0 Å². The topological polar surface area (TPSA) is 32.3 Å². The SMILES string of the molecule is CN1CCC(CNC(=O)c2csc(Br)c2)C1. The summed E-state index contributed by atoms with van der Waals surface area (Å²) in [6, 6.07) is 1.86. The molecule has 1 saturated heterocycles. The number of hydrogen-bond donors (Lipinski definition) is 1. The van der Waals surface area contributed by atoms with Crippen molar-refractivity contribution in [3.8, 4) is 0 Å². The second kappa shape index (κ2) is 5.29. The maximum Gasteiger partial charge on any atom is 0.252 e. The molecule has 1 fully saturated rings. The van der Waals surface area contributed by atoms with E-state index >= 15 is 0 Å². The fourth-order valence-corrected chi connectivity index (χ4v) is 3.10. The minimum absolute atomic E-state index is 0.0384. The van der Waals surface area contributed by atoms with Gasteiger partial charge >= 0.3 is 0 Å². The fourth-order valence-electron chi connectivity index (χ4n) is 1.96. The average molecular weight is 303 g/mol. The van der Waals surface area contributed by atoms with Crippen LogP contribution in [0.25, 0.3) is 0 Å². The van der Waals surface area contributed by atoms with Crippen molar-refractivity contribution in [3.05, 3.63) is 20.8 Å². The molecule has 1 atom stereocenters. The van der Waals surface area contributed by atoms with Crippen molar-refractivity contribution in [1.29, 1.82) is 0 Å². The van der Waals surface area contributed by atoms with Crippen LogP contribution in [0.15, 0.2) is 15.2 Å². The highest BCUT2D eigenvalue weighted by atomic mass is 79.9. The Morgan fingerprint density at radius 3 is 3.12 bits per heavy atom. The van der Waals surface area contributed by atoms with E-state index in [-0.39, 0.29) is 5.91 Å². The minimum Gasteiger partial charge on any atom is -0.352 e. The summed E-state index contributed by atoms with van der Waals surface area (Å²) >= 11 is 4.90. The monoisotopic (exact) mass is 302 g/mol. The van der Waals surface area contributed by atoms with E-state index in [1.807, 2.05) is 11.4 Å². The molecule has 0 saturated carbocycles. The van der Waals surface area contributed by atoms with Crippen LogP contribution in [0.3, 0.4) is 0 Å². The van der Waals surface area contributed by atoms with Gasteiger partial charge in [0.25, 0.3) is 5.91 Å². The van der Waals surface area contributed by atoms with Crippen LogP contribution in [0, 0.1) is 5.92 Å². The number of carbonyl (C=O) groups excluding carboxylic acids is 1. The molecule has 1 aromatic rings. The Hall–Kier alpha value is -0.390. The highest BCUT2D eigenvalue weighted by Crippen LogP contribution is 2.20. The smallest absolute Gasteiger partial charge is 0.252 e. The van der Waals surface area contributed by atoms with E-state index in [1.54, 1.807) is 0 Å². The molecular weight excluding hydrogens is 288 g/mol. The molecule has 2 rings (SSSR count). The van der Waals surface area contributed by atoms with Crippen LogP contribution in [0.5, 0.6) is 0 Å². The Balaban J connectivity index is 1.80. The summed E-state index contributed by atoms with van der Waals surface area (Å²) in [4.78, 5) is 14.1. The highest BCUT2D eigenvalue weighted by molar-refractivity contribution is 9.11. The predicted molar refractivity (Wildman–Crippen MR) is 70.0 cm³/mol. The maximum atomic E-state index is 11.8. The molecule has 3 nitrogen and oxygen atoms in total. The number of carbonyl (C=O) groups is 1. The third-order valence-corrected chi connectivity index (χ3v) is 4.37. The number of thiophene rings is 1. The summed E-state index contributed by atoms with van der Waals surface area (Å²) in [5.41, 5.74) is 0.753. The molecule has 1 N–H and O–H groups in total. The Morgan fingerprint density at radius 2 is 2.56 bits per heavy atom. The van der Waals surface area contributed by atoms with Gasteiger partial charge in [0.1, 0.15) is 0 Å². The second-order valence-corrected chi connectivity index (χ2v) is 6.56. The molecule has 1 aromatic heterocycles. The van der Waals surface area contributed by atoms with Crippen LogP contribution in [0.1, 0.15) is 16.8 Å². The largest absolute Gasteiger partial charge is 0.352 e. The van der Waals surface area contributed by atoms with Gasteiger partial charge in [0.05, 0.1) is 9.35 Å². The number of hydrogen-bond acceptors (Lipinski definition) is 3. The van der Waals surface area contributed by atoms with Gasteiger partial charge in [0, 0.05) is 18.5 Å². The van der Waals surface area contributed by atoms with Gasteiger partial charge in [0.15, 0.2) is 0 Å². The molecule has 1 aliphatic heterocycles. The molecule has 1 unspecified atom stereocenters. The number of rotatable bonds is 3. The first-order chi connectivity index (χ1) is 7.65. The summed E-state index contributed by atoms with van der Waals surface area (Å²) in [7, 11) is 2.12. The zero-order valence-corrected chi connectivity index (χ0v) is 11.6. The van der Waals surface area contributed by atoms with Crippen molar-refractivity contribution in [2.45, 2.75) is 6.42 Å². The first-order valence-corrected chi connectivity index (χ1v) is 7.03.